The molecule has 1 heterocycles. The number of halogens is 4. The standard InChI is InChI=1S/C17H12ClF3N2O2/c18-12-6-1-2-7-14(12)23-15(24)9-13(16(23)25)22-11-5-3-4-10(8-11)17(19,20)21/h1-8,13,22H,9H2. The molecule has 1 aliphatic rings. The number of hydrogen-bond donors (Lipinski definition) is 1. The van der Waals surface area contributed by atoms with Gasteiger partial charge < -0.3 is 5.32 Å². The number of nitrogens with zero attached hydrogens (tertiary/aromatic N) is 1. The van der Waals surface area contributed by atoms with Crippen molar-refractivity contribution in [3.05, 3.63) is 59.1 Å². The third-order valence-electron chi connectivity index (χ3n) is 3.77. The normalized spacial score (nSPS) is 17.9. The van der Waals surface area contributed by atoms with Gasteiger partial charge in [0.05, 0.1) is 22.7 Å². The average molecular weight is 369 g/mol. The fraction of sp³-hybridized carbons (Fsp3) is 0.176. The number of carbonyl (C=O) groups is 2. The maximum atomic E-state index is 12.8. The highest BCUT2D eigenvalue weighted by Crippen LogP contribution is 2.33. The van der Waals surface area contributed by atoms with E-state index in [0.29, 0.717) is 0 Å². The van der Waals surface area contributed by atoms with Crippen molar-refractivity contribution in [3.8, 4) is 0 Å². The molecule has 3 rings (SSSR count). The summed E-state index contributed by atoms with van der Waals surface area (Å²) >= 11 is 6.02. The molecular formula is C17H12ClF3N2O2. The first-order valence-electron chi connectivity index (χ1n) is 7.32. The highest BCUT2D eigenvalue weighted by Gasteiger charge is 2.40. The predicted molar refractivity (Wildman–Crippen MR) is 87.4 cm³/mol. The number of hydrogen-bond acceptors (Lipinski definition) is 3. The Labute approximate surface area is 146 Å². The zero-order chi connectivity index (χ0) is 18.2. The number of rotatable bonds is 3. The Morgan fingerprint density at radius 2 is 1.80 bits per heavy atom. The van der Waals surface area contributed by atoms with Crippen molar-refractivity contribution in [1.82, 2.24) is 0 Å². The lowest BCUT2D eigenvalue weighted by Crippen LogP contribution is -2.35. The Morgan fingerprint density at radius 1 is 1.08 bits per heavy atom. The Kier molecular flexibility index (Phi) is 4.43. The van der Waals surface area contributed by atoms with Crippen molar-refractivity contribution >= 4 is 34.8 Å². The molecule has 25 heavy (non-hydrogen) atoms. The van der Waals surface area contributed by atoms with Crippen LogP contribution in [0.1, 0.15) is 12.0 Å². The molecule has 0 spiro atoms. The lowest BCUT2D eigenvalue weighted by atomic mass is 10.1. The van der Waals surface area contributed by atoms with Crippen LogP contribution in [-0.4, -0.2) is 17.9 Å². The minimum atomic E-state index is -4.49. The molecule has 2 aromatic carbocycles. The number of nitrogens with one attached hydrogen (secondary N) is 1. The van der Waals surface area contributed by atoms with Crippen LogP contribution < -0.4 is 10.2 Å². The molecule has 1 N–H and O–H groups in total. The number of carbonyl (C=O) groups excluding carboxylic acids is 2. The van der Waals surface area contributed by atoms with Crippen molar-refractivity contribution in [2.75, 3.05) is 10.2 Å². The summed E-state index contributed by atoms with van der Waals surface area (Å²) in [6.07, 6.45) is -4.66. The van der Waals surface area contributed by atoms with E-state index in [0.717, 1.165) is 17.0 Å². The molecule has 0 aliphatic carbocycles. The lowest BCUT2D eigenvalue weighted by Gasteiger charge is -2.17. The minimum absolute atomic E-state index is 0.113. The van der Waals surface area contributed by atoms with Gasteiger partial charge in [0.15, 0.2) is 0 Å². The zero-order valence-electron chi connectivity index (χ0n) is 12.7. The third-order valence-corrected chi connectivity index (χ3v) is 4.09. The first-order valence-corrected chi connectivity index (χ1v) is 7.70. The molecule has 1 atom stereocenters. The van der Waals surface area contributed by atoms with Gasteiger partial charge in [-0.1, -0.05) is 29.8 Å². The van der Waals surface area contributed by atoms with E-state index in [1.54, 1.807) is 18.2 Å². The molecule has 0 saturated carbocycles. The van der Waals surface area contributed by atoms with E-state index >= 15 is 0 Å². The summed E-state index contributed by atoms with van der Waals surface area (Å²) in [5.41, 5.74) is -0.466. The molecule has 2 amide bonds. The third kappa shape index (κ3) is 3.46. The summed E-state index contributed by atoms with van der Waals surface area (Å²) in [6, 6.07) is 9.90. The molecule has 1 unspecified atom stereocenters. The van der Waals surface area contributed by atoms with E-state index in [1.807, 2.05) is 0 Å². The second-order valence-electron chi connectivity index (χ2n) is 5.50. The SMILES string of the molecule is O=C1CC(Nc2cccc(C(F)(F)F)c2)C(=O)N1c1ccccc1Cl. The van der Waals surface area contributed by atoms with Gasteiger partial charge in [0.25, 0.3) is 5.91 Å². The maximum absolute atomic E-state index is 12.8. The molecule has 8 heteroatoms. The van der Waals surface area contributed by atoms with Gasteiger partial charge in [-0.15, -0.1) is 0 Å². The van der Waals surface area contributed by atoms with Crippen LogP contribution in [0.25, 0.3) is 0 Å². The average Bonchev–Trinajstić information content (AvgIpc) is 2.82. The summed E-state index contributed by atoms with van der Waals surface area (Å²) in [4.78, 5) is 25.7. The number of para-hydroxylation sites is 1. The molecular weight excluding hydrogens is 357 g/mol. The quantitative estimate of drug-likeness (QED) is 0.830. The van der Waals surface area contributed by atoms with Gasteiger partial charge in [-0.05, 0) is 30.3 Å². The first kappa shape index (κ1) is 17.3. The largest absolute Gasteiger partial charge is 0.416 e. The lowest BCUT2D eigenvalue weighted by molar-refractivity contribution is -0.137. The fourth-order valence-corrected chi connectivity index (χ4v) is 2.84. The van der Waals surface area contributed by atoms with Crippen LogP contribution in [0.2, 0.25) is 5.02 Å². The second kappa shape index (κ2) is 6.40. The zero-order valence-corrected chi connectivity index (χ0v) is 13.4. The second-order valence-corrected chi connectivity index (χ2v) is 5.91. The van der Waals surface area contributed by atoms with Gasteiger partial charge in [-0.25, -0.2) is 4.90 Å². The molecule has 130 valence electrons. The van der Waals surface area contributed by atoms with E-state index in [1.165, 1.54) is 18.2 Å². The highest BCUT2D eigenvalue weighted by atomic mass is 35.5. The van der Waals surface area contributed by atoms with Gasteiger partial charge in [-0.3, -0.25) is 9.59 Å². The summed E-state index contributed by atoms with van der Waals surface area (Å²) in [7, 11) is 0. The first-order chi connectivity index (χ1) is 11.8. The van der Waals surface area contributed by atoms with Crippen LogP contribution in [-0.2, 0) is 15.8 Å². The Morgan fingerprint density at radius 3 is 2.48 bits per heavy atom. The highest BCUT2D eigenvalue weighted by molar-refractivity contribution is 6.36. The van der Waals surface area contributed by atoms with E-state index in [9.17, 15) is 22.8 Å². The van der Waals surface area contributed by atoms with Gasteiger partial charge in [0, 0.05) is 5.69 Å². The van der Waals surface area contributed by atoms with Crippen LogP contribution in [0.3, 0.4) is 0 Å². The fourth-order valence-electron chi connectivity index (χ4n) is 2.62. The van der Waals surface area contributed by atoms with Crippen LogP contribution in [0.15, 0.2) is 48.5 Å². The number of alkyl halides is 3. The van der Waals surface area contributed by atoms with Gasteiger partial charge in [0.2, 0.25) is 5.91 Å². The molecule has 0 radical (unpaired) electrons. The summed E-state index contributed by atoms with van der Waals surface area (Å²) < 4.78 is 38.3. The number of amides is 2. The van der Waals surface area contributed by atoms with Crippen molar-refractivity contribution in [3.63, 3.8) is 0 Å². The summed E-state index contributed by atoms with van der Waals surface area (Å²) in [5.74, 6) is -1.03. The maximum Gasteiger partial charge on any atom is 0.416 e. The molecule has 2 aromatic rings. The summed E-state index contributed by atoms with van der Waals surface area (Å²) in [6.45, 7) is 0. The molecule has 1 fully saturated rings. The molecule has 4 nitrogen and oxygen atoms in total. The van der Waals surface area contributed by atoms with Crippen LogP contribution in [0.4, 0.5) is 24.5 Å². The van der Waals surface area contributed by atoms with Gasteiger partial charge in [-0.2, -0.15) is 13.2 Å². The predicted octanol–water partition coefficient (Wildman–Crippen LogP) is 4.10. The van der Waals surface area contributed by atoms with Crippen LogP contribution >= 0.6 is 11.6 Å². The van der Waals surface area contributed by atoms with E-state index < -0.39 is 29.6 Å². The molecule has 0 bridgehead atoms. The van der Waals surface area contributed by atoms with Gasteiger partial charge >= 0.3 is 6.18 Å². The number of imide groups is 1. The van der Waals surface area contributed by atoms with E-state index in [4.69, 9.17) is 11.6 Å². The minimum Gasteiger partial charge on any atom is -0.373 e. The summed E-state index contributed by atoms with van der Waals surface area (Å²) in [5, 5.41) is 2.94. The monoisotopic (exact) mass is 368 g/mol. The van der Waals surface area contributed by atoms with Crippen molar-refractivity contribution < 1.29 is 22.8 Å². The molecule has 0 aromatic heterocycles. The molecule has 1 saturated heterocycles. The Balaban J connectivity index is 1.83. The smallest absolute Gasteiger partial charge is 0.373 e. The Bertz CT molecular complexity index is 839. The van der Waals surface area contributed by atoms with Crippen molar-refractivity contribution in [1.29, 1.82) is 0 Å². The number of anilines is 2. The van der Waals surface area contributed by atoms with Crippen LogP contribution in [0.5, 0.6) is 0 Å². The van der Waals surface area contributed by atoms with Crippen molar-refractivity contribution in [2.45, 2.75) is 18.6 Å². The topological polar surface area (TPSA) is 49.4 Å². The molecule has 1 aliphatic heterocycles. The van der Waals surface area contributed by atoms with E-state index in [2.05, 4.69) is 5.32 Å². The number of benzene rings is 2. The van der Waals surface area contributed by atoms with E-state index in [-0.39, 0.29) is 22.8 Å². The Hall–Kier alpha value is -2.54. The van der Waals surface area contributed by atoms with Crippen LogP contribution in [0, 0.1) is 0 Å². The van der Waals surface area contributed by atoms with Crippen molar-refractivity contribution in [2.24, 2.45) is 0 Å². The van der Waals surface area contributed by atoms with Gasteiger partial charge in [0.1, 0.15) is 6.04 Å².